The number of aryl methyl sites for hydroxylation is 2. The van der Waals surface area contributed by atoms with E-state index in [1.54, 1.807) is 55.5 Å². The Labute approximate surface area is 222 Å². The van der Waals surface area contributed by atoms with Gasteiger partial charge in [0.15, 0.2) is 0 Å². The zero-order valence-electron chi connectivity index (χ0n) is 20.0. The Balaban J connectivity index is 1.50. The van der Waals surface area contributed by atoms with Crippen LogP contribution in [0.25, 0.3) is 5.76 Å². The molecule has 1 N–H and O–H groups in total. The van der Waals surface area contributed by atoms with Crippen molar-refractivity contribution in [3.63, 3.8) is 0 Å². The summed E-state index contributed by atoms with van der Waals surface area (Å²) in [5.41, 5.74) is 3.15. The number of halogens is 1. The van der Waals surface area contributed by atoms with Gasteiger partial charge < -0.3 is 9.84 Å². The fraction of sp³-hybridized carbons (Fsp3) is 0.143. The molecular weight excluding hydrogens is 510 g/mol. The molecule has 1 amide bonds. The second kappa shape index (κ2) is 10.2. The number of carbonyl (C=O) groups is 2. The van der Waals surface area contributed by atoms with Crippen molar-refractivity contribution in [1.82, 2.24) is 10.2 Å². The Hall–Kier alpha value is -4.01. The van der Waals surface area contributed by atoms with Crippen molar-refractivity contribution in [2.75, 3.05) is 4.90 Å². The van der Waals surface area contributed by atoms with Crippen LogP contribution >= 0.6 is 22.9 Å². The lowest BCUT2D eigenvalue weighted by Crippen LogP contribution is -2.29. The number of aliphatic hydroxyl groups excluding tert-OH is 1. The van der Waals surface area contributed by atoms with E-state index in [9.17, 15) is 14.7 Å². The maximum atomic E-state index is 13.2. The summed E-state index contributed by atoms with van der Waals surface area (Å²) in [4.78, 5) is 27.6. The number of hydrogen-bond acceptors (Lipinski definition) is 7. The van der Waals surface area contributed by atoms with E-state index in [1.165, 1.54) is 16.2 Å². The number of hydrogen-bond donors (Lipinski definition) is 1. The van der Waals surface area contributed by atoms with Gasteiger partial charge in [-0.05, 0) is 61.4 Å². The largest absolute Gasteiger partial charge is 0.507 e. The third-order valence-corrected chi connectivity index (χ3v) is 7.06. The van der Waals surface area contributed by atoms with Gasteiger partial charge in [-0.2, -0.15) is 0 Å². The Morgan fingerprint density at radius 3 is 2.41 bits per heavy atom. The van der Waals surface area contributed by atoms with Gasteiger partial charge in [0.2, 0.25) is 5.13 Å². The number of nitrogens with zero attached hydrogens (tertiary/aromatic N) is 3. The number of amides is 1. The summed E-state index contributed by atoms with van der Waals surface area (Å²) < 4.78 is 5.87. The highest BCUT2D eigenvalue weighted by molar-refractivity contribution is 7.15. The Bertz CT molecular complexity index is 1510. The number of ether oxygens (including phenoxy) is 1. The van der Waals surface area contributed by atoms with E-state index in [4.69, 9.17) is 16.3 Å². The summed E-state index contributed by atoms with van der Waals surface area (Å²) in [6.45, 7) is 4.18. The molecule has 0 radical (unpaired) electrons. The first-order chi connectivity index (χ1) is 17.8. The third-order valence-electron chi connectivity index (χ3n) is 5.97. The van der Waals surface area contributed by atoms with Crippen molar-refractivity contribution in [3.8, 4) is 5.75 Å². The highest BCUT2D eigenvalue weighted by Gasteiger charge is 2.48. The van der Waals surface area contributed by atoms with Gasteiger partial charge in [-0.15, -0.1) is 10.2 Å². The molecule has 1 saturated heterocycles. The quantitative estimate of drug-likeness (QED) is 0.186. The minimum atomic E-state index is -0.887. The van der Waals surface area contributed by atoms with Crippen LogP contribution in [-0.4, -0.2) is 27.0 Å². The lowest BCUT2D eigenvalue weighted by molar-refractivity contribution is -0.132. The predicted octanol–water partition coefficient (Wildman–Crippen LogP) is 6.01. The van der Waals surface area contributed by atoms with E-state index in [0.29, 0.717) is 33.5 Å². The number of ketones is 1. The van der Waals surface area contributed by atoms with Crippen LogP contribution in [0.15, 0.2) is 78.4 Å². The number of benzene rings is 3. The Morgan fingerprint density at radius 1 is 1.03 bits per heavy atom. The van der Waals surface area contributed by atoms with E-state index in [1.807, 2.05) is 25.1 Å². The lowest BCUT2D eigenvalue weighted by atomic mass is 9.95. The number of aromatic nitrogens is 2. The molecule has 0 spiro atoms. The fourth-order valence-corrected chi connectivity index (χ4v) is 5.05. The molecule has 0 bridgehead atoms. The maximum Gasteiger partial charge on any atom is 0.301 e. The predicted molar refractivity (Wildman–Crippen MR) is 143 cm³/mol. The molecule has 2 heterocycles. The summed E-state index contributed by atoms with van der Waals surface area (Å²) in [6, 6.07) is 20.7. The zero-order chi connectivity index (χ0) is 26.1. The average Bonchev–Trinajstić information content (AvgIpc) is 3.43. The summed E-state index contributed by atoms with van der Waals surface area (Å²) in [5, 5.41) is 20.8. The normalized spacial score (nSPS) is 16.8. The van der Waals surface area contributed by atoms with E-state index in [-0.39, 0.29) is 16.5 Å². The van der Waals surface area contributed by atoms with Crippen LogP contribution in [0.5, 0.6) is 5.75 Å². The van der Waals surface area contributed by atoms with Gasteiger partial charge in [-0.3, -0.25) is 14.5 Å². The topological polar surface area (TPSA) is 92.6 Å². The van der Waals surface area contributed by atoms with Crippen molar-refractivity contribution in [2.45, 2.75) is 26.5 Å². The lowest BCUT2D eigenvalue weighted by Gasteiger charge is -2.22. The van der Waals surface area contributed by atoms with Crippen LogP contribution in [-0.2, 0) is 16.2 Å². The molecule has 186 valence electrons. The molecule has 3 aromatic carbocycles. The molecule has 4 aromatic rings. The molecule has 0 aliphatic carbocycles. The third kappa shape index (κ3) is 4.98. The van der Waals surface area contributed by atoms with Crippen molar-refractivity contribution >= 4 is 45.5 Å². The van der Waals surface area contributed by atoms with E-state index >= 15 is 0 Å². The summed E-state index contributed by atoms with van der Waals surface area (Å²) >= 11 is 7.27. The molecule has 1 fully saturated rings. The van der Waals surface area contributed by atoms with Crippen LogP contribution in [0.4, 0.5) is 5.13 Å². The molecular formula is C28H22ClN3O4S. The monoisotopic (exact) mass is 531 g/mol. The van der Waals surface area contributed by atoms with Gasteiger partial charge in [-0.25, -0.2) is 0 Å². The molecule has 1 atom stereocenters. The summed E-state index contributed by atoms with van der Waals surface area (Å²) in [5.74, 6) is -1.26. The van der Waals surface area contributed by atoms with Gasteiger partial charge in [0.05, 0.1) is 11.6 Å². The number of anilines is 1. The molecule has 5 rings (SSSR count). The zero-order valence-corrected chi connectivity index (χ0v) is 21.6. The Kier molecular flexibility index (Phi) is 6.78. The first kappa shape index (κ1) is 24.7. The first-order valence-electron chi connectivity index (χ1n) is 11.5. The van der Waals surface area contributed by atoms with Crippen molar-refractivity contribution in [1.29, 1.82) is 0 Å². The number of rotatable bonds is 6. The van der Waals surface area contributed by atoms with E-state index < -0.39 is 17.7 Å². The number of carbonyl (C=O) groups excluding carboxylic acids is 2. The van der Waals surface area contributed by atoms with Crippen molar-refractivity contribution < 1.29 is 19.4 Å². The van der Waals surface area contributed by atoms with E-state index in [0.717, 1.165) is 11.1 Å². The van der Waals surface area contributed by atoms with Crippen molar-refractivity contribution in [3.05, 3.63) is 111 Å². The van der Waals surface area contributed by atoms with Gasteiger partial charge in [0.1, 0.15) is 23.1 Å². The van der Waals surface area contributed by atoms with E-state index in [2.05, 4.69) is 16.3 Å². The van der Waals surface area contributed by atoms with Gasteiger partial charge >= 0.3 is 5.91 Å². The standard InChI is InChI=1S/C28H22ClN3O4S/c1-16-4-3-5-18(14-16)15-36-22-12-8-20(9-13-22)25(33)23-24(19-6-10-21(29)11-7-19)32(27(35)26(23)34)28-31-30-17(2)37-28/h3-14,24,33H,15H2,1-2H3/b25-23+/t24-/m0/s1. The molecule has 0 saturated carbocycles. The van der Waals surface area contributed by atoms with Crippen LogP contribution in [0.1, 0.15) is 33.3 Å². The molecule has 9 heteroatoms. The molecule has 37 heavy (non-hydrogen) atoms. The van der Waals surface area contributed by atoms with Crippen LogP contribution in [0.3, 0.4) is 0 Å². The number of aliphatic hydroxyl groups is 1. The number of Topliss-reactive ketones (excluding diaryl/α,β-unsaturated/α-hetero) is 1. The van der Waals surface area contributed by atoms with Crippen LogP contribution in [0.2, 0.25) is 5.02 Å². The maximum absolute atomic E-state index is 13.2. The molecule has 1 aliphatic rings. The summed E-state index contributed by atoms with van der Waals surface area (Å²) in [7, 11) is 0. The Morgan fingerprint density at radius 2 is 1.76 bits per heavy atom. The molecule has 7 nitrogen and oxygen atoms in total. The molecule has 1 aromatic heterocycles. The molecule has 1 aliphatic heterocycles. The minimum Gasteiger partial charge on any atom is -0.507 e. The van der Waals surface area contributed by atoms with Crippen LogP contribution in [0, 0.1) is 13.8 Å². The highest BCUT2D eigenvalue weighted by atomic mass is 35.5. The fourth-order valence-electron chi connectivity index (χ4n) is 4.21. The first-order valence-corrected chi connectivity index (χ1v) is 12.7. The SMILES string of the molecule is Cc1cccc(COc2ccc(/C(O)=C3\C(=O)C(=O)N(c4nnc(C)s4)[C@H]3c3ccc(Cl)cc3)cc2)c1. The van der Waals surface area contributed by atoms with Gasteiger partial charge in [0, 0.05) is 10.6 Å². The van der Waals surface area contributed by atoms with Crippen LogP contribution < -0.4 is 9.64 Å². The average molecular weight is 532 g/mol. The highest BCUT2D eigenvalue weighted by Crippen LogP contribution is 2.43. The van der Waals surface area contributed by atoms with Crippen molar-refractivity contribution in [2.24, 2.45) is 0 Å². The smallest absolute Gasteiger partial charge is 0.301 e. The second-order valence-corrected chi connectivity index (χ2v) is 10.2. The minimum absolute atomic E-state index is 0.0337. The van der Waals surface area contributed by atoms with Gasteiger partial charge in [-0.1, -0.05) is 64.9 Å². The summed E-state index contributed by atoms with van der Waals surface area (Å²) in [6.07, 6.45) is 0. The van der Waals surface area contributed by atoms with Gasteiger partial charge in [0.25, 0.3) is 5.78 Å². The molecule has 0 unspecified atom stereocenters. The second-order valence-electron chi connectivity index (χ2n) is 8.63.